The monoisotopic (exact) mass is 357 g/mol. The Kier molecular flexibility index (Phi) is 6.68. The lowest BCUT2D eigenvalue weighted by molar-refractivity contribution is -0.138. The summed E-state index contributed by atoms with van der Waals surface area (Å²) in [6, 6.07) is 5.62. The molecule has 0 aromatic heterocycles. The highest BCUT2D eigenvalue weighted by atomic mass is 79.9. The number of rotatable bonds is 7. The SMILES string of the molecule is COc1ccc(Br)cc1CN(C)C(=O)CC(C)CC(=O)O. The van der Waals surface area contributed by atoms with Crippen molar-refractivity contribution in [2.75, 3.05) is 14.2 Å². The van der Waals surface area contributed by atoms with E-state index in [1.165, 1.54) is 0 Å². The van der Waals surface area contributed by atoms with Gasteiger partial charge in [-0.05, 0) is 24.1 Å². The molecule has 21 heavy (non-hydrogen) atoms. The minimum absolute atomic E-state index is 0.000212. The molecule has 0 saturated heterocycles. The van der Waals surface area contributed by atoms with E-state index in [2.05, 4.69) is 15.9 Å². The minimum atomic E-state index is -0.883. The molecule has 6 heteroatoms. The minimum Gasteiger partial charge on any atom is -0.496 e. The van der Waals surface area contributed by atoms with Gasteiger partial charge in [0.05, 0.1) is 7.11 Å². The Morgan fingerprint density at radius 3 is 2.62 bits per heavy atom. The molecular formula is C15H20BrNO4. The topological polar surface area (TPSA) is 66.8 Å². The van der Waals surface area contributed by atoms with Crippen molar-refractivity contribution in [3.05, 3.63) is 28.2 Å². The molecule has 1 amide bonds. The molecule has 1 aromatic carbocycles. The molecule has 0 saturated carbocycles. The average Bonchev–Trinajstić information content (AvgIpc) is 2.37. The quantitative estimate of drug-likeness (QED) is 0.814. The van der Waals surface area contributed by atoms with Gasteiger partial charge >= 0.3 is 5.97 Å². The van der Waals surface area contributed by atoms with E-state index >= 15 is 0 Å². The van der Waals surface area contributed by atoms with Crippen LogP contribution in [0.3, 0.4) is 0 Å². The summed E-state index contributed by atoms with van der Waals surface area (Å²) >= 11 is 3.40. The van der Waals surface area contributed by atoms with Gasteiger partial charge in [-0.3, -0.25) is 9.59 Å². The summed E-state index contributed by atoms with van der Waals surface area (Å²) < 4.78 is 6.19. The maximum absolute atomic E-state index is 12.1. The maximum Gasteiger partial charge on any atom is 0.303 e. The van der Waals surface area contributed by atoms with Crippen molar-refractivity contribution in [2.45, 2.75) is 26.3 Å². The summed E-state index contributed by atoms with van der Waals surface area (Å²) in [6.07, 6.45) is 0.221. The number of carbonyl (C=O) groups is 2. The zero-order valence-corrected chi connectivity index (χ0v) is 14.0. The second-order valence-electron chi connectivity index (χ2n) is 5.11. The lowest BCUT2D eigenvalue weighted by Gasteiger charge is -2.20. The Balaban J connectivity index is 2.68. The Bertz CT molecular complexity index is 518. The summed E-state index contributed by atoms with van der Waals surface area (Å²) in [5, 5.41) is 8.72. The number of nitrogens with zero attached hydrogens (tertiary/aromatic N) is 1. The number of benzene rings is 1. The molecule has 0 heterocycles. The van der Waals surface area contributed by atoms with Gasteiger partial charge in [-0.15, -0.1) is 0 Å². The summed E-state index contributed by atoms with van der Waals surface area (Å²) in [7, 11) is 3.29. The zero-order valence-electron chi connectivity index (χ0n) is 12.4. The Labute approximate surface area is 133 Å². The molecule has 1 rings (SSSR count). The van der Waals surface area contributed by atoms with Gasteiger partial charge in [0, 0.05) is 36.5 Å². The van der Waals surface area contributed by atoms with E-state index in [4.69, 9.17) is 9.84 Å². The molecule has 1 atom stereocenters. The normalized spacial score (nSPS) is 11.8. The first kappa shape index (κ1) is 17.5. The van der Waals surface area contributed by atoms with Gasteiger partial charge in [0.1, 0.15) is 5.75 Å². The van der Waals surface area contributed by atoms with E-state index < -0.39 is 5.97 Å². The van der Waals surface area contributed by atoms with Crippen LogP contribution in [-0.4, -0.2) is 36.0 Å². The van der Waals surface area contributed by atoms with Crippen LogP contribution < -0.4 is 4.74 Å². The van der Waals surface area contributed by atoms with Gasteiger partial charge in [0.15, 0.2) is 0 Å². The van der Waals surface area contributed by atoms with Crippen LogP contribution in [0.5, 0.6) is 5.75 Å². The third-order valence-electron chi connectivity index (χ3n) is 3.12. The number of amides is 1. The van der Waals surface area contributed by atoms with Crippen LogP contribution in [0, 0.1) is 5.92 Å². The molecule has 0 radical (unpaired) electrons. The fourth-order valence-electron chi connectivity index (χ4n) is 2.04. The molecule has 1 aromatic rings. The van der Waals surface area contributed by atoms with Crippen LogP contribution in [0.2, 0.25) is 0 Å². The van der Waals surface area contributed by atoms with E-state index in [1.807, 2.05) is 18.2 Å². The van der Waals surface area contributed by atoms with Crippen molar-refractivity contribution in [2.24, 2.45) is 5.92 Å². The van der Waals surface area contributed by atoms with Gasteiger partial charge in [-0.2, -0.15) is 0 Å². The van der Waals surface area contributed by atoms with Gasteiger partial charge in [-0.1, -0.05) is 22.9 Å². The first-order chi connectivity index (χ1) is 9.83. The molecule has 116 valence electrons. The van der Waals surface area contributed by atoms with Crippen molar-refractivity contribution in [3.63, 3.8) is 0 Å². The molecule has 0 spiro atoms. The smallest absolute Gasteiger partial charge is 0.303 e. The van der Waals surface area contributed by atoms with Gasteiger partial charge in [0.2, 0.25) is 5.91 Å². The Morgan fingerprint density at radius 2 is 2.05 bits per heavy atom. The van der Waals surface area contributed by atoms with Gasteiger partial charge in [-0.25, -0.2) is 0 Å². The van der Waals surface area contributed by atoms with E-state index in [0.29, 0.717) is 6.54 Å². The largest absolute Gasteiger partial charge is 0.496 e. The van der Waals surface area contributed by atoms with Crippen molar-refractivity contribution in [3.8, 4) is 5.75 Å². The van der Waals surface area contributed by atoms with E-state index in [-0.39, 0.29) is 24.7 Å². The van der Waals surface area contributed by atoms with Crippen LogP contribution >= 0.6 is 15.9 Å². The predicted octanol–water partition coefficient (Wildman–Crippen LogP) is 2.92. The number of methoxy groups -OCH3 is 1. The number of ether oxygens (including phenoxy) is 1. The van der Waals surface area contributed by atoms with Crippen LogP contribution in [0.4, 0.5) is 0 Å². The standard InChI is InChI=1S/C15H20BrNO4/c1-10(7-15(19)20)6-14(18)17(2)9-11-8-12(16)4-5-13(11)21-3/h4-5,8,10H,6-7,9H2,1-3H3,(H,19,20). The molecule has 5 nitrogen and oxygen atoms in total. The Morgan fingerprint density at radius 1 is 1.38 bits per heavy atom. The number of carbonyl (C=O) groups excluding carboxylic acids is 1. The maximum atomic E-state index is 12.1. The van der Waals surface area contributed by atoms with E-state index in [9.17, 15) is 9.59 Å². The lowest BCUT2D eigenvalue weighted by atomic mass is 10.0. The van der Waals surface area contributed by atoms with Crippen molar-refractivity contribution < 1.29 is 19.4 Å². The van der Waals surface area contributed by atoms with Crippen molar-refractivity contribution in [1.29, 1.82) is 0 Å². The second-order valence-corrected chi connectivity index (χ2v) is 6.03. The third-order valence-corrected chi connectivity index (χ3v) is 3.62. The van der Waals surface area contributed by atoms with E-state index in [1.54, 1.807) is 26.0 Å². The Hall–Kier alpha value is -1.56. The summed E-state index contributed by atoms with van der Waals surface area (Å²) in [6.45, 7) is 2.18. The fourth-order valence-corrected chi connectivity index (χ4v) is 2.45. The predicted molar refractivity (Wildman–Crippen MR) is 83.2 cm³/mol. The van der Waals surface area contributed by atoms with Gasteiger partial charge < -0.3 is 14.7 Å². The second kappa shape index (κ2) is 8.02. The fraction of sp³-hybridized carbons (Fsp3) is 0.467. The summed E-state index contributed by atoms with van der Waals surface area (Å²) in [5.41, 5.74) is 0.897. The van der Waals surface area contributed by atoms with Crippen molar-refractivity contribution >= 4 is 27.8 Å². The highest BCUT2D eigenvalue weighted by molar-refractivity contribution is 9.10. The first-order valence-electron chi connectivity index (χ1n) is 6.61. The highest BCUT2D eigenvalue weighted by Gasteiger charge is 2.17. The van der Waals surface area contributed by atoms with Crippen molar-refractivity contribution in [1.82, 2.24) is 4.90 Å². The first-order valence-corrected chi connectivity index (χ1v) is 7.41. The molecule has 1 N–H and O–H groups in total. The lowest BCUT2D eigenvalue weighted by Crippen LogP contribution is -2.28. The number of hydrogen-bond donors (Lipinski definition) is 1. The highest BCUT2D eigenvalue weighted by Crippen LogP contribution is 2.24. The van der Waals surface area contributed by atoms with Crippen LogP contribution in [-0.2, 0) is 16.1 Å². The number of carboxylic acids is 1. The summed E-state index contributed by atoms with van der Waals surface area (Å²) in [5.74, 6) is -0.421. The molecular weight excluding hydrogens is 338 g/mol. The summed E-state index contributed by atoms with van der Waals surface area (Å²) in [4.78, 5) is 24.3. The van der Waals surface area contributed by atoms with E-state index in [0.717, 1.165) is 15.8 Å². The molecule has 0 aliphatic heterocycles. The molecule has 0 fully saturated rings. The number of aliphatic carboxylic acids is 1. The third kappa shape index (κ3) is 5.75. The zero-order chi connectivity index (χ0) is 16.0. The molecule has 0 aliphatic carbocycles. The molecule has 0 aliphatic rings. The average molecular weight is 358 g/mol. The van der Waals surface area contributed by atoms with Crippen LogP contribution in [0.25, 0.3) is 0 Å². The molecule has 1 unspecified atom stereocenters. The van der Waals surface area contributed by atoms with Gasteiger partial charge in [0.25, 0.3) is 0 Å². The van der Waals surface area contributed by atoms with Crippen LogP contribution in [0.1, 0.15) is 25.3 Å². The van der Waals surface area contributed by atoms with Crippen LogP contribution in [0.15, 0.2) is 22.7 Å². The molecule has 0 bridgehead atoms. The number of carboxylic acid groups (broad SMARTS) is 1. The number of halogens is 1. The number of hydrogen-bond acceptors (Lipinski definition) is 3.